The van der Waals surface area contributed by atoms with Crippen molar-refractivity contribution in [2.75, 3.05) is 27.2 Å². The van der Waals surface area contributed by atoms with Crippen LogP contribution in [0.5, 0.6) is 5.75 Å². The first kappa shape index (κ1) is 17.6. The minimum Gasteiger partial charge on any atom is -0.496 e. The van der Waals surface area contributed by atoms with E-state index in [0.717, 1.165) is 5.56 Å². The van der Waals surface area contributed by atoms with Crippen LogP contribution in [0.1, 0.15) is 17.5 Å². The fourth-order valence-electron chi connectivity index (χ4n) is 2.50. The number of cyclic esters (lactones) is 1. The molecule has 0 radical (unpaired) electrons. The number of nitrogens with one attached hydrogen (secondary N) is 1. The lowest BCUT2D eigenvalue weighted by Crippen LogP contribution is -2.29. The van der Waals surface area contributed by atoms with Crippen molar-refractivity contribution in [1.82, 2.24) is 9.62 Å². The smallest absolute Gasteiger partial charge is 0.409 e. The van der Waals surface area contributed by atoms with Gasteiger partial charge in [-0.25, -0.2) is 17.9 Å². The number of methoxy groups -OCH3 is 1. The van der Waals surface area contributed by atoms with Crippen LogP contribution in [0.4, 0.5) is 4.79 Å². The van der Waals surface area contributed by atoms with Crippen molar-refractivity contribution in [1.29, 1.82) is 0 Å². The highest BCUT2D eigenvalue weighted by Gasteiger charge is 2.28. The van der Waals surface area contributed by atoms with E-state index in [-0.39, 0.29) is 23.6 Å². The molecule has 0 bridgehead atoms. The first-order valence-electron chi connectivity index (χ1n) is 7.31. The number of aryl methyl sites for hydroxylation is 2. The third-order valence-corrected chi connectivity index (χ3v) is 5.40. The normalized spacial score (nSPS) is 18.2. The number of rotatable bonds is 6. The summed E-state index contributed by atoms with van der Waals surface area (Å²) in [6, 6.07) is 3.30. The largest absolute Gasteiger partial charge is 0.496 e. The van der Waals surface area contributed by atoms with Gasteiger partial charge in [0.25, 0.3) is 0 Å². The molecule has 1 fully saturated rings. The van der Waals surface area contributed by atoms with E-state index in [2.05, 4.69) is 4.72 Å². The molecular formula is C15H22N2O5S. The number of amides is 1. The second kappa shape index (κ2) is 6.76. The molecule has 1 aliphatic rings. The lowest BCUT2D eigenvalue weighted by atomic mass is 10.1. The maximum Gasteiger partial charge on any atom is 0.409 e. The van der Waals surface area contributed by atoms with Gasteiger partial charge in [0, 0.05) is 13.6 Å². The molecule has 8 heteroatoms. The molecule has 1 aromatic carbocycles. The van der Waals surface area contributed by atoms with Crippen LogP contribution in [0.15, 0.2) is 17.0 Å². The molecule has 0 aliphatic carbocycles. The van der Waals surface area contributed by atoms with E-state index in [1.54, 1.807) is 40.1 Å². The van der Waals surface area contributed by atoms with Crippen LogP contribution in [0.3, 0.4) is 0 Å². The van der Waals surface area contributed by atoms with Crippen molar-refractivity contribution in [3.05, 3.63) is 23.3 Å². The summed E-state index contributed by atoms with van der Waals surface area (Å²) in [4.78, 5) is 13.0. The zero-order valence-electron chi connectivity index (χ0n) is 13.8. The van der Waals surface area contributed by atoms with Crippen molar-refractivity contribution >= 4 is 16.1 Å². The number of nitrogens with zero attached hydrogens (tertiary/aromatic N) is 1. The fourth-order valence-corrected chi connectivity index (χ4v) is 3.86. The van der Waals surface area contributed by atoms with Crippen LogP contribution in [0.2, 0.25) is 0 Å². The van der Waals surface area contributed by atoms with Crippen LogP contribution in [-0.4, -0.2) is 52.8 Å². The molecule has 0 saturated carbocycles. The van der Waals surface area contributed by atoms with Crippen molar-refractivity contribution in [3.8, 4) is 5.75 Å². The molecule has 128 valence electrons. The van der Waals surface area contributed by atoms with Crippen LogP contribution in [0.25, 0.3) is 0 Å². The second-order valence-corrected chi connectivity index (χ2v) is 7.40. The highest BCUT2D eigenvalue weighted by molar-refractivity contribution is 7.89. The molecule has 1 aromatic rings. The Kier molecular flexibility index (Phi) is 5.16. The van der Waals surface area contributed by atoms with E-state index in [9.17, 15) is 13.2 Å². The van der Waals surface area contributed by atoms with E-state index in [1.807, 2.05) is 0 Å². The predicted octanol–water partition coefficient (Wildman–Crippen LogP) is 1.43. The Morgan fingerprint density at radius 2 is 2.04 bits per heavy atom. The topological polar surface area (TPSA) is 84.9 Å². The maximum absolute atomic E-state index is 12.4. The van der Waals surface area contributed by atoms with E-state index >= 15 is 0 Å². The summed E-state index contributed by atoms with van der Waals surface area (Å²) in [5, 5.41) is 0. The van der Waals surface area contributed by atoms with Gasteiger partial charge in [0.15, 0.2) is 0 Å². The van der Waals surface area contributed by atoms with Gasteiger partial charge in [0.1, 0.15) is 11.9 Å². The van der Waals surface area contributed by atoms with Crippen molar-refractivity contribution in [2.45, 2.75) is 31.3 Å². The van der Waals surface area contributed by atoms with Gasteiger partial charge in [-0.2, -0.15) is 0 Å². The first-order valence-corrected chi connectivity index (χ1v) is 8.79. The molecule has 1 amide bonds. The second-order valence-electron chi connectivity index (χ2n) is 5.66. The molecule has 7 nitrogen and oxygen atoms in total. The summed E-state index contributed by atoms with van der Waals surface area (Å²) in [6.45, 7) is 4.20. The number of carbonyl (C=O) groups excluding carboxylic acids is 1. The number of hydrogen-bond acceptors (Lipinski definition) is 5. The van der Waals surface area contributed by atoms with Crippen LogP contribution in [-0.2, 0) is 14.8 Å². The highest BCUT2D eigenvalue weighted by Crippen LogP contribution is 2.25. The molecule has 2 rings (SSSR count). The molecule has 0 spiro atoms. The van der Waals surface area contributed by atoms with Gasteiger partial charge in [-0.05, 0) is 43.5 Å². The SMILES string of the molecule is COc1cc(C)c(S(=O)(=O)NCCC2CN(C)C(=O)O2)cc1C. The number of hydrogen-bond donors (Lipinski definition) is 1. The third-order valence-electron chi connectivity index (χ3n) is 3.80. The van der Waals surface area contributed by atoms with Gasteiger partial charge in [-0.15, -0.1) is 0 Å². The Labute approximate surface area is 136 Å². The summed E-state index contributed by atoms with van der Waals surface area (Å²) in [5.74, 6) is 0.655. The standard InChI is InChI=1S/C15H22N2O5S/c1-10-8-14(11(2)7-13(10)21-4)23(19,20)16-6-5-12-9-17(3)15(18)22-12/h7-8,12,16H,5-6,9H2,1-4H3. The fraction of sp³-hybridized carbons (Fsp3) is 0.533. The molecule has 1 saturated heterocycles. The monoisotopic (exact) mass is 342 g/mol. The number of sulfonamides is 1. The summed E-state index contributed by atoms with van der Waals surface area (Å²) in [7, 11) is -0.418. The van der Waals surface area contributed by atoms with Gasteiger partial charge in [0.05, 0.1) is 18.6 Å². The summed E-state index contributed by atoms with van der Waals surface area (Å²) >= 11 is 0. The molecule has 0 aromatic heterocycles. The van der Waals surface area contributed by atoms with E-state index in [4.69, 9.17) is 9.47 Å². The van der Waals surface area contributed by atoms with Gasteiger partial charge in [-0.1, -0.05) is 0 Å². The zero-order chi connectivity index (χ0) is 17.2. The molecule has 1 unspecified atom stereocenters. The zero-order valence-corrected chi connectivity index (χ0v) is 14.6. The van der Waals surface area contributed by atoms with E-state index in [1.165, 1.54) is 4.90 Å². The first-order chi connectivity index (χ1) is 10.7. The molecule has 23 heavy (non-hydrogen) atoms. The minimum atomic E-state index is -3.62. The summed E-state index contributed by atoms with van der Waals surface area (Å²) in [5.41, 5.74) is 1.37. The third kappa shape index (κ3) is 3.94. The molecule has 1 atom stereocenters. The van der Waals surface area contributed by atoms with Gasteiger partial charge in [-0.3, -0.25) is 0 Å². The number of benzene rings is 1. The Morgan fingerprint density at radius 3 is 2.61 bits per heavy atom. The summed E-state index contributed by atoms with van der Waals surface area (Å²) < 4.78 is 37.7. The lowest BCUT2D eigenvalue weighted by Gasteiger charge is -2.13. The number of likely N-dealkylation sites (N-methyl/N-ethyl adjacent to an activating group) is 1. The number of ether oxygens (including phenoxy) is 2. The minimum absolute atomic E-state index is 0.207. The molecular weight excluding hydrogens is 320 g/mol. The molecule has 1 aliphatic heterocycles. The Hall–Kier alpha value is -1.80. The van der Waals surface area contributed by atoms with Gasteiger partial charge >= 0.3 is 6.09 Å². The molecule has 1 heterocycles. The predicted molar refractivity (Wildman–Crippen MR) is 85.2 cm³/mol. The van der Waals surface area contributed by atoms with E-state index in [0.29, 0.717) is 24.3 Å². The van der Waals surface area contributed by atoms with Gasteiger partial charge < -0.3 is 14.4 Å². The average Bonchev–Trinajstić information content (AvgIpc) is 2.79. The Balaban J connectivity index is 2.02. The maximum atomic E-state index is 12.4. The van der Waals surface area contributed by atoms with E-state index < -0.39 is 10.0 Å². The van der Waals surface area contributed by atoms with Crippen molar-refractivity contribution < 1.29 is 22.7 Å². The number of carbonyl (C=O) groups is 1. The Bertz CT molecular complexity index is 702. The van der Waals surface area contributed by atoms with Crippen molar-refractivity contribution in [2.24, 2.45) is 0 Å². The van der Waals surface area contributed by atoms with Crippen LogP contribution in [0, 0.1) is 13.8 Å². The molecule has 1 N–H and O–H groups in total. The van der Waals surface area contributed by atoms with Crippen LogP contribution < -0.4 is 9.46 Å². The summed E-state index contributed by atoms with van der Waals surface area (Å²) in [6.07, 6.45) is -0.225. The lowest BCUT2D eigenvalue weighted by molar-refractivity contribution is 0.131. The Morgan fingerprint density at radius 1 is 1.35 bits per heavy atom. The van der Waals surface area contributed by atoms with Crippen LogP contribution >= 0.6 is 0 Å². The average molecular weight is 342 g/mol. The van der Waals surface area contributed by atoms with Gasteiger partial charge in [0.2, 0.25) is 10.0 Å². The quantitative estimate of drug-likeness (QED) is 0.845. The highest BCUT2D eigenvalue weighted by atomic mass is 32.2. The van der Waals surface area contributed by atoms with Crippen molar-refractivity contribution in [3.63, 3.8) is 0 Å².